The molecule has 4 rings (SSSR count). The normalized spacial score (nSPS) is 18.9. The number of nitrogens with zero attached hydrogens (tertiary/aromatic N) is 4. The fourth-order valence-corrected chi connectivity index (χ4v) is 5.05. The van der Waals surface area contributed by atoms with Crippen molar-refractivity contribution in [3.05, 3.63) is 48.7 Å². The highest BCUT2D eigenvalue weighted by Gasteiger charge is 2.38. The summed E-state index contributed by atoms with van der Waals surface area (Å²) in [7, 11) is 1.73. The Morgan fingerprint density at radius 2 is 1.75 bits per heavy atom. The number of carbonyl (C=O) groups excluding carboxylic acids is 1. The Morgan fingerprint density at radius 1 is 1.03 bits per heavy atom. The third-order valence-corrected chi connectivity index (χ3v) is 7.08. The molecule has 1 saturated heterocycles. The van der Waals surface area contributed by atoms with Gasteiger partial charge in [0.15, 0.2) is 0 Å². The molecule has 0 radical (unpaired) electrons. The maximum atomic E-state index is 13.6. The van der Waals surface area contributed by atoms with Crippen molar-refractivity contribution >= 4 is 17.4 Å². The number of amides is 1. The highest BCUT2D eigenvalue weighted by atomic mass is 16.4. The quantitative estimate of drug-likeness (QED) is 0.652. The van der Waals surface area contributed by atoms with Crippen LogP contribution in [0.1, 0.15) is 39.0 Å². The Kier molecular flexibility index (Phi) is 7.30. The molecule has 1 aromatic heterocycles. The van der Waals surface area contributed by atoms with Crippen LogP contribution in [0.5, 0.6) is 5.75 Å². The van der Waals surface area contributed by atoms with E-state index in [1.54, 1.807) is 13.3 Å². The molecule has 0 spiro atoms. The van der Waals surface area contributed by atoms with Crippen LogP contribution in [-0.4, -0.2) is 62.2 Å². The van der Waals surface area contributed by atoms with Gasteiger partial charge < -0.3 is 9.64 Å². The lowest BCUT2D eigenvalue weighted by molar-refractivity contribution is -0.129. The average Bonchev–Trinajstić information content (AvgIpc) is 2.85. The minimum atomic E-state index is -0.266. The number of ether oxygens (including phenoxy) is 1. The number of pyridine rings is 1. The number of aromatic nitrogens is 1. The van der Waals surface area contributed by atoms with Crippen LogP contribution in [0.4, 0.5) is 11.5 Å². The monoisotopic (exact) mass is 435 g/mol. The zero-order valence-electron chi connectivity index (χ0n) is 19.5. The van der Waals surface area contributed by atoms with E-state index < -0.39 is 0 Å². The molecular weight excluding hydrogens is 399 g/mol. The van der Waals surface area contributed by atoms with Crippen molar-refractivity contribution in [3.63, 3.8) is 0 Å². The number of hydrogen-bond acceptors (Lipinski definition) is 5. The summed E-state index contributed by atoms with van der Waals surface area (Å²) in [4.78, 5) is 25.0. The number of hydrogen-bond donors (Lipinski definition) is 0. The van der Waals surface area contributed by atoms with Gasteiger partial charge in [-0.3, -0.25) is 14.6 Å². The van der Waals surface area contributed by atoms with Crippen LogP contribution in [0.2, 0.25) is 0 Å². The summed E-state index contributed by atoms with van der Waals surface area (Å²) in [6.45, 7) is 7.54. The van der Waals surface area contributed by atoms with E-state index in [-0.39, 0.29) is 11.3 Å². The smallest absolute Gasteiger partial charge is 0.234 e. The minimum Gasteiger partial charge on any atom is -0.495 e. The largest absolute Gasteiger partial charge is 0.495 e. The van der Waals surface area contributed by atoms with Gasteiger partial charge in [0.1, 0.15) is 11.6 Å². The van der Waals surface area contributed by atoms with Crippen molar-refractivity contribution in [2.24, 2.45) is 5.41 Å². The molecule has 2 fully saturated rings. The van der Waals surface area contributed by atoms with Crippen LogP contribution in [0.3, 0.4) is 0 Å². The molecule has 6 heteroatoms. The summed E-state index contributed by atoms with van der Waals surface area (Å²) in [5.74, 6) is 1.94. The number of rotatable bonds is 7. The van der Waals surface area contributed by atoms with Crippen LogP contribution in [0.25, 0.3) is 0 Å². The predicted octanol–water partition coefficient (Wildman–Crippen LogP) is 4.22. The van der Waals surface area contributed by atoms with Gasteiger partial charge in [-0.25, -0.2) is 4.98 Å². The lowest BCUT2D eigenvalue weighted by Gasteiger charge is -2.39. The number of carbonyl (C=O) groups is 1. The average molecular weight is 436 g/mol. The van der Waals surface area contributed by atoms with E-state index in [4.69, 9.17) is 4.74 Å². The van der Waals surface area contributed by atoms with Gasteiger partial charge in [-0.05, 0) is 37.1 Å². The Morgan fingerprint density at radius 3 is 2.44 bits per heavy atom. The number of benzene rings is 1. The number of methoxy groups -OCH3 is 1. The Balaban J connectivity index is 1.39. The highest BCUT2D eigenvalue weighted by Crippen LogP contribution is 2.38. The number of para-hydroxylation sites is 2. The van der Waals surface area contributed by atoms with Gasteiger partial charge in [-0.2, -0.15) is 0 Å². The van der Waals surface area contributed by atoms with Crippen molar-refractivity contribution in [2.45, 2.75) is 39.0 Å². The third kappa shape index (κ3) is 5.07. The number of anilines is 2. The maximum absolute atomic E-state index is 13.6. The van der Waals surface area contributed by atoms with Crippen molar-refractivity contribution in [1.29, 1.82) is 0 Å². The molecule has 32 heavy (non-hydrogen) atoms. The van der Waals surface area contributed by atoms with Crippen LogP contribution < -0.4 is 14.5 Å². The zero-order valence-corrected chi connectivity index (χ0v) is 19.5. The van der Waals surface area contributed by atoms with Gasteiger partial charge in [0.25, 0.3) is 0 Å². The van der Waals surface area contributed by atoms with E-state index in [9.17, 15) is 4.79 Å². The molecule has 1 aliphatic heterocycles. The summed E-state index contributed by atoms with van der Waals surface area (Å²) in [5, 5.41) is 0. The second kappa shape index (κ2) is 10.3. The van der Waals surface area contributed by atoms with E-state index in [1.807, 2.05) is 35.2 Å². The van der Waals surface area contributed by atoms with Crippen LogP contribution in [0.15, 0.2) is 48.7 Å². The van der Waals surface area contributed by atoms with E-state index in [2.05, 4.69) is 33.8 Å². The van der Waals surface area contributed by atoms with Gasteiger partial charge in [0.2, 0.25) is 5.91 Å². The van der Waals surface area contributed by atoms with Crippen LogP contribution in [-0.2, 0) is 4.79 Å². The fraction of sp³-hybridized carbons (Fsp3) is 0.538. The van der Waals surface area contributed by atoms with Gasteiger partial charge in [-0.1, -0.05) is 44.4 Å². The third-order valence-electron chi connectivity index (χ3n) is 7.08. The standard InChI is InChI=1S/C26H36N4O2/c1-26(13-7-3-8-14-26)25(31)30(24-12-6-9-15-27-24)21-18-28-16-19-29(20-17-28)22-10-4-5-11-23(22)32-2/h4-6,9-12,15H,3,7-8,13-14,16-21H2,1-2H3/i2-1. The SMILES string of the molecule is CC1(C(=O)N(CCN2CCN(c3ccccc3O[11CH3])CC2)c2ccccn2)CCCCC1. The molecule has 0 unspecified atom stereocenters. The first kappa shape index (κ1) is 22.6. The highest BCUT2D eigenvalue weighted by molar-refractivity contribution is 5.96. The zero-order chi connectivity index (χ0) is 22.4. The molecule has 2 aliphatic rings. The van der Waals surface area contributed by atoms with E-state index >= 15 is 0 Å². The molecule has 2 heterocycles. The van der Waals surface area contributed by atoms with E-state index in [1.165, 1.54) is 6.42 Å². The van der Waals surface area contributed by atoms with E-state index in [0.717, 1.165) is 75.7 Å². The maximum Gasteiger partial charge on any atom is 0.234 e. The Hall–Kier alpha value is -2.60. The minimum absolute atomic E-state index is 0.239. The predicted molar refractivity (Wildman–Crippen MR) is 129 cm³/mol. The van der Waals surface area contributed by atoms with Gasteiger partial charge in [0, 0.05) is 50.9 Å². The molecular formula is C26H36N4O2. The summed E-state index contributed by atoms with van der Waals surface area (Å²) in [6.07, 6.45) is 7.26. The first-order chi connectivity index (χ1) is 15.6. The first-order valence-corrected chi connectivity index (χ1v) is 11.9. The summed E-state index contributed by atoms with van der Waals surface area (Å²) >= 11 is 0. The molecule has 0 bridgehead atoms. The number of piperazine rings is 1. The fourth-order valence-electron chi connectivity index (χ4n) is 5.05. The summed E-state index contributed by atoms with van der Waals surface area (Å²) in [5.41, 5.74) is 0.892. The lowest BCUT2D eigenvalue weighted by atomic mass is 9.74. The van der Waals surface area contributed by atoms with Gasteiger partial charge >= 0.3 is 0 Å². The molecule has 1 saturated carbocycles. The van der Waals surface area contributed by atoms with Crippen molar-refractivity contribution in [1.82, 2.24) is 9.88 Å². The second-order valence-electron chi connectivity index (χ2n) is 9.27. The Labute approximate surface area is 192 Å². The molecule has 0 atom stereocenters. The summed E-state index contributed by atoms with van der Waals surface area (Å²) < 4.78 is 5.54. The molecule has 1 amide bonds. The lowest BCUT2D eigenvalue weighted by Crippen LogP contribution is -2.51. The summed E-state index contributed by atoms with van der Waals surface area (Å²) in [6, 6.07) is 14.1. The molecule has 1 aromatic carbocycles. The molecule has 2 aromatic rings. The van der Waals surface area contributed by atoms with Crippen molar-refractivity contribution in [2.75, 3.05) is 56.2 Å². The van der Waals surface area contributed by atoms with Crippen molar-refractivity contribution in [3.8, 4) is 5.75 Å². The Bertz CT molecular complexity index is 874. The molecule has 0 N–H and O–H groups in total. The van der Waals surface area contributed by atoms with E-state index in [0.29, 0.717) is 6.54 Å². The van der Waals surface area contributed by atoms with Crippen LogP contribution in [0, 0.1) is 5.41 Å². The van der Waals surface area contributed by atoms with Gasteiger partial charge in [0.05, 0.1) is 12.8 Å². The van der Waals surface area contributed by atoms with Gasteiger partial charge in [-0.15, -0.1) is 0 Å². The van der Waals surface area contributed by atoms with Crippen molar-refractivity contribution < 1.29 is 9.53 Å². The molecule has 172 valence electrons. The first-order valence-electron chi connectivity index (χ1n) is 11.9. The second-order valence-corrected chi connectivity index (χ2v) is 9.27. The topological polar surface area (TPSA) is 48.9 Å². The molecule has 1 aliphatic carbocycles. The van der Waals surface area contributed by atoms with Crippen LogP contribution >= 0.6 is 0 Å². The molecule has 6 nitrogen and oxygen atoms in total.